The topological polar surface area (TPSA) is 33.6 Å². The predicted octanol–water partition coefficient (Wildman–Crippen LogP) is 9.42. The summed E-state index contributed by atoms with van der Waals surface area (Å²) >= 11 is 6.32. The number of hydrogen-bond donors (Lipinski definition) is 1. The molecule has 0 radical (unpaired) electrons. The first kappa shape index (κ1) is 25.5. The Morgan fingerprint density at radius 2 is 1.69 bits per heavy atom. The lowest BCUT2D eigenvalue weighted by molar-refractivity contribution is 0.305. The van der Waals surface area contributed by atoms with Crippen LogP contribution in [0.5, 0.6) is 5.75 Å². The van der Waals surface area contributed by atoms with Crippen molar-refractivity contribution in [2.24, 2.45) is 10.9 Å². The Hall–Kier alpha value is -3.82. The summed E-state index contributed by atoms with van der Waals surface area (Å²) in [5, 5.41) is 4.48. The summed E-state index contributed by atoms with van der Waals surface area (Å²) in [6.07, 6.45) is 7.66. The highest BCUT2D eigenvalue weighted by Crippen LogP contribution is 2.50. The fourth-order valence-electron chi connectivity index (χ4n) is 6.02. The van der Waals surface area contributed by atoms with Crippen molar-refractivity contribution in [2.45, 2.75) is 45.8 Å². The van der Waals surface area contributed by atoms with Crippen LogP contribution in [-0.4, -0.2) is 6.21 Å². The first-order valence-electron chi connectivity index (χ1n) is 13.6. The van der Waals surface area contributed by atoms with Gasteiger partial charge >= 0.3 is 0 Å². The summed E-state index contributed by atoms with van der Waals surface area (Å²) in [5.41, 5.74) is 10.6. The van der Waals surface area contributed by atoms with Gasteiger partial charge < -0.3 is 10.1 Å². The number of allylic oxidation sites excluding steroid dienone is 2. The van der Waals surface area contributed by atoms with Gasteiger partial charge in [0.15, 0.2) is 0 Å². The highest BCUT2D eigenvalue weighted by atomic mass is 35.5. The van der Waals surface area contributed by atoms with Crippen molar-refractivity contribution >= 4 is 29.2 Å². The summed E-state index contributed by atoms with van der Waals surface area (Å²) in [5.74, 6) is 1.75. The molecule has 0 saturated heterocycles. The molecule has 4 heteroatoms. The Bertz CT molecular complexity index is 1550. The molecule has 1 heterocycles. The van der Waals surface area contributed by atoms with Crippen LogP contribution in [0, 0.1) is 26.7 Å². The van der Waals surface area contributed by atoms with Crippen LogP contribution in [0.3, 0.4) is 0 Å². The maximum atomic E-state index is 6.32. The molecule has 6 rings (SSSR count). The van der Waals surface area contributed by atoms with Crippen LogP contribution in [-0.2, 0) is 6.61 Å². The fraction of sp³-hybridized carbons (Fsp3) is 0.229. The average Bonchev–Trinajstić information content (AvgIpc) is 3.41. The maximum absolute atomic E-state index is 6.32. The molecule has 0 amide bonds. The number of rotatable bonds is 6. The van der Waals surface area contributed by atoms with E-state index in [0.717, 1.165) is 29.0 Å². The van der Waals surface area contributed by atoms with Crippen LogP contribution < -0.4 is 10.1 Å². The van der Waals surface area contributed by atoms with Gasteiger partial charge in [0, 0.05) is 28.4 Å². The molecule has 2 aliphatic rings. The standard InChI is InChI=1S/C35H33ClN2O/c1-22-7-13-33-32(18-22)30-5-4-6-31(30)35(38-33)26-8-11-29(12-9-26)37-20-27-19-28(36)10-14-34(27)39-21-25-16-23(2)15-24(3)17-25/h4-5,7-20,30-31,35,38H,6,21H2,1-3H3/t30-,31+,35-/m0/s1. The maximum Gasteiger partial charge on any atom is 0.128 e. The quantitative estimate of drug-likeness (QED) is 0.198. The molecule has 196 valence electrons. The number of fused-ring (bicyclic) bond motifs is 3. The van der Waals surface area contributed by atoms with Gasteiger partial charge in [-0.05, 0) is 86.2 Å². The number of aliphatic imine (C=N–C) groups is 1. The Morgan fingerprint density at radius 1 is 0.897 bits per heavy atom. The molecule has 39 heavy (non-hydrogen) atoms. The summed E-state index contributed by atoms with van der Waals surface area (Å²) in [6.45, 7) is 6.88. The zero-order valence-corrected chi connectivity index (χ0v) is 23.4. The van der Waals surface area contributed by atoms with E-state index in [1.165, 1.54) is 33.5 Å². The van der Waals surface area contributed by atoms with Crippen LogP contribution in [0.25, 0.3) is 0 Å². The smallest absolute Gasteiger partial charge is 0.128 e. The van der Waals surface area contributed by atoms with Gasteiger partial charge in [0.1, 0.15) is 12.4 Å². The molecule has 0 saturated carbocycles. The molecular weight excluding hydrogens is 500 g/mol. The van der Waals surface area contributed by atoms with Gasteiger partial charge in [-0.25, -0.2) is 0 Å². The number of ether oxygens (including phenoxy) is 1. The van der Waals surface area contributed by atoms with Crippen LogP contribution in [0.15, 0.2) is 96.0 Å². The molecule has 1 N–H and O–H groups in total. The van der Waals surface area contributed by atoms with Crippen molar-refractivity contribution in [1.82, 2.24) is 0 Å². The molecule has 3 nitrogen and oxygen atoms in total. The van der Waals surface area contributed by atoms with Crippen molar-refractivity contribution in [3.63, 3.8) is 0 Å². The Balaban J connectivity index is 1.19. The lowest BCUT2D eigenvalue weighted by Gasteiger charge is -2.37. The number of nitrogens with zero attached hydrogens (tertiary/aromatic N) is 1. The monoisotopic (exact) mass is 532 g/mol. The Kier molecular flexibility index (Phi) is 7.01. The minimum atomic E-state index is 0.274. The van der Waals surface area contributed by atoms with Gasteiger partial charge in [-0.15, -0.1) is 0 Å². The van der Waals surface area contributed by atoms with E-state index in [1.807, 2.05) is 24.4 Å². The number of halogens is 1. The SMILES string of the molecule is Cc1cc(C)cc(COc2ccc(Cl)cc2C=Nc2ccc([C@@H]3Nc4ccc(C)cc4[C@H]4C=CC[C@H]43)cc2)c1. The fourth-order valence-corrected chi connectivity index (χ4v) is 6.20. The van der Waals surface area contributed by atoms with Gasteiger partial charge in [-0.2, -0.15) is 0 Å². The minimum Gasteiger partial charge on any atom is -0.488 e. The minimum absolute atomic E-state index is 0.274. The number of aryl methyl sites for hydroxylation is 3. The summed E-state index contributed by atoms with van der Waals surface area (Å²) in [4.78, 5) is 4.76. The van der Waals surface area contributed by atoms with Gasteiger partial charge in [-0.1, -0.05) is 82.9 Å². The molecule has 0 fully saturated rings. The molecule has 0 aromatic heterocycles. The number of benzene rings is 4. The summed E-state index contributed by atoms with van der Waals surface area (Å²) in [7, 11) is 0. The normalized spacial score (nSPS) is 19.5. The lowest BCUT2D eigenvalue weighted by atomic mass is 9.76. The molecule has 1 aliphatic carbocycles. The van der Waals surface area contributed by atoms with Gasteiger partial charge in [0.25, 0.3) is 0 Å². The zero-order valence-electron chi connectivity index (χ0n) is 22.6. The van der Waals surface area contributed by atoms with E-state index in [-0.39, 0.29) is 6.04 Å². The second-order valence-corrected chi connectivity index (χ2v) is 11.3. The van der Waals surface area contributed by atoms with E-state index < -0.39 is 0 Å². The van der Waals surface area contributed by atoms with Crippen molar-refractivity contribution in [3.05, 3.63) is 135 Å². The average molecular weight is 533 g/mol. The third kappa shape index (κ3) is 5.51. The van der Waals surface area contributed by atoms with Gasteiger partial charge in [0.05, 0.1) is 11.7 Å². The van der Waals surface area contributed by atoms with E-state index in [1.54, 1.807) is 0 Å². The molecule has 0 bridgehead atoms. The first-order valence-corrected chi connectivity index (χ1v) is 14.0. The lowest BCUT2D eigenvalue weighted by Crippen LogP contribution is -2.29. The zero-order chi connectivity index (χ0) is 26.9. The first-order chi connectivity index (χ1) is 18.9. The van der Waals surface area contributed by atoms with Gasteiger partial charge in [0.2, 0.25) is 0 Å². The van der Waals surface area contributed by atoms with Crippen molar-refractivity contribution < 1.29 is 4.74 Å². The second-order valence-electron chi connectivity index (χ2n) is 10.9. The van der Waals surface area contributed by atoms with E-state index in [2.05, 4.69) is 98.9 Å². The highest BCUT2D eigenvalue weighted by Gasteiger charge is 2.37. The summed E-state index contributed by atoms with van der Waals surface area (Å²) < 4.78 is 6.19. The number of nitrogens with one attached hydrogen (secondary N) is 1. The van der Waals surface area contributed by atoms with E-state index >= 15 is 0 Å². The molecular formula is C35H33ClN2O. The van der Waals surface area contributed by atoms with Crippen LogP contribution >= 0.6 is 11.6 Å². The van der Waals surface area contributed by atoms with Crippen LogP contribution in [0.4, 0.5) is 11.4 Å². The predicted molar refractivity (Wildman–Crippen MR) is 163 cm³/mol. The third-order valence-electron chi connectivity index (χ3n) is 7.77. The third-order valence-corrected chi connectivity index (χ3v) is 8.01. The molecule has 4 aromatic rings. The Morgan fingerprint density at radius 3 is 2.49 bits per heavy atom. The second kappa shape index (κ2) is 10.7. The Labute approximate surface area is 236 Å². The van der Waals surface area contributed by atoms with E-state index in [4.69, 9.17) is 21.3 Å². The molecule has 4 aromatic carbocycles. The molecule has 0 spiro atoms. The highest BCUT2D eigenvalue weighted by molar-refractivity contribution is 6.30. The van der Waals surface area contributed by atoms with Gasteiger partial charge in [-0.3, -0.25) is 4.99 Å². The van der Waals surface area contributed by atoms with E-state index in [0.29, 0.717) is 23.5 Å². The number of hydrogen-bond acceptors (Lipinski definition) is 3. The van der Waals surface area contributed by atoms with Crippen molar-refractivity contribution in [1.29, 1.82) is 0 Å². The van der Waals surface area contributed by atoms with Crippen molar-refractivity contribution in [2.75, 3.05) is 5.32 Å². The summed E-state index contributed by atoms with van der Waals surface area (Å²) in [6, 6.07) is 27.8. The molecule has 1 aliphatic heterocycles. The largest absolute Gasteiger partial charge is 0.488 e. The molecule has 0 unspecified atom stereocenters. The van der Waals surface area contributed by atoms with Crippen LogP contribution in [0.2, 0.25) is 5.02 Å². The van der Waals surface area contributed by atoms with Crippen LogP contribution in [0.1, 0.15) is 57.3 Å². The number of anilines is 1. The van der Waals surface area contributed by atoms with E-state index in [9.17, 15) is 0 Å². The van der Waals surface area contributed by atoms with Crippen molar-refractivity contribution in [3.8, 4) is 5.75 Å². The molecule has 3 atom stereocenters.